The number of benzene rings is 1. The predicted molar refractivity (Wildman–Crippen MR) is 54.0 cm³/mol. The Hall–Kier alpha value is -1.16. The van der Waals surface area contributed by atoms with E-state index in [0.29, 0.717) is 0 Å². The minimum Gasteiger partial charge on any atom is -0.303 e. The standard InChI is InChI=1S/C10H12O3S/c1-8(7-11)9-4-3-5-10(6-9)14(2,12)13/h3-8H,1-2H3. The first kappa shape index (κ1) is 10.9. The largest absolute Gasteiger partial charge is 0.303 e. The van der Waals surface area contributed by atoms with Crippen molar-refractivity contribution in [1.29, 1.82) is 0 Å². The Kier molecular flexibility index (Phi) is 3.06. The van der Waals surface area contributed by atoms with Crippen molar-refractivity contribution in [1.82, 2.24) is 0 Å². The Morgan fingerprint density at radius 3 is 2.50 bits per heavy atom. The Morgan fingerprint density at radius 1 is 1.36 bits per heavy atom. The van der Waals surface area contributed by atoms with Crippen molar-refractivity contribution in [2.75, 3.05) is 6.26 Å². The highest BCUT2D eigenvalue weighted by molar-refractivity contribution is 7.90. The minimum atomic E-state index is -3.18. The van der Waals surface area contributed by atoms with E-state index >= 15 is 0 Å². The van der Waals surface area contributed by atoms with Crippen LogP contribution >= 0.6 is 0 Å². The van der Waals surface area contributed by atoms with Crippen molar-refractivity contribution in [3.05, 3.63) is 29.8 Å². The maximum Gasteiger partial charge on any atom is 0.175 e. The van der Waals surface area contributed by atoms with E-state index in [1.807, 2.05) is 0 Å². The molecule has 0 aliphatic heterocycles. The number of hydrogen-bond acceptors (Lipinski definition) is 3. The molecule has 0 N–H and O–H groups in total. The normalized spacial score (nSPS) is 13.6. The lowest BCUT2D eigenvalue weighted by Crippen LogP contribution is -2.00. The molecule has 0 heterocycles. The molecule has 0 saturated heterocycles. The highest BCUT2D eigenvalue weighted by Crippen LogP contribution is 2.17. The molecule has 0 aliphatic carbocycles. The van der Waals surface area contributed by atoms with E-state index in [4.69, 9.17) is 0 Å². The maximum absolute atomic E-state index is 11.2. The van der Waals surface area contributed by atoms with Gasteiger partial charge in [0, 0.05) is 12.2 Å². The number of aldehydes is 1. The van der Waals surface area contributed by atoms with Gasteiger partial charge in [0.25, 0.3) is 0 Å². The fraction of sp³-hybridized carbons (Fsp3) is 0.300. The molecular formula is C10H12O3S. The molecule has 0 fully saturated rings. The molecule has 1 rings (SSSR count). The molecule has 3 nitrogen and oxygen atoms in total. The quantitative estimate of drug-likeness (QED) is 0.711. The predicted octanol–water partition coefficient (Wildman–Crippen LogP) is 1.39. The van der Waals surface area contributed by atoms with Crippen LogP contribution in [0.1, 0.15) is 18.4 Å². The van der Waals surface area contributed by atoms with Crippen LogP contribution in [0.4, 0.5) is 0 Å². The van der Waals surface area contributed by atoms with Crippen molar-refractivity contribution in [3.8, 4) is 0 Å². The summed E-state index contributed by atoms with van der Waals surface area (Å²) in [7, 11) is -3.18. The third kappa shape index (κ3) is 2.42. The summed E-state index contributed by atoms with van der Waals surface area (Å²) in [6.45, 7) is 1.73. The average molecular weight is 212 g/mol. The molecule has 0 spiro atoms. The van der Waals surface area contributed by atoms with Crippen molar-refractivity contribution in [2.45, 2.75) is 17.7 Å². The summed E-state index contributed by atoms with van der Waals surface area (Å²) in [5, 5.41) is 0. The van der Waals surface area contributed by atoms with Gasteiger partial charge in [0.2, 0.25) is 0 Å². The van der Waals surface area contributed by atoms with E-state index in [2.05, 4.69) is 0 Å². The summed E-state index contributed by atoms with van der Waals surface area (Å²) in [5.74, 6) is -0.267. The Labute approximate surface area is 83.7 Å². The van der Waals surface area contributed by atoms with Crippen LogP contribution in [0.3, 0.4) is 0 Å². The van der Waals surface area contributed by atoms with E-state index in [9.17, 15) is 13.2 Å². The van der Waals surface area contributed by atoms with Crippen LogP contribution < -0.4 is 0 Å². The number of sulfone groups is 1. The van der Waals surface area contributed by atoms with E-state index in [0.717, 1.165) is 18.1 Å². The lowest BCUT2D eigenvalue weighted by molar-refractivity contribution is -0.108. The molecule has 1 aromatic rings. The highest BCUT2D eigenvalue weighted by atomic mass is 32.2. The third-order valence-corrected chi connectivity index (χ3v) is 3.13. The smallest absolute Gasteiger partial charge is 0.175 e. The maximum atomic E-state index is 11.2. The minimum absolute atomic E-state index is 0.253. The summed E-state index contributed by atoms with van der Waals surface area (Å²) in [6, 6.07) is 6.45. The zero-order valence-electron chi connectivity index (χ0n) is 8.10. The number of rotatable bonds is 3. The summed E-state index contributed by atoms with van der Waals surface area (Å²) < 4.78 is 22.4. The molecule has 0 aliphatic rings. The van der Waals surface area contributed by atoms with Gasteiger partial charge in [0.05, 0.1) is 4.90 Å². The Morgan fingerprint density at radius 2 is 2.00 bits per heavy atom. The van der Waals surface area contributed by atoms with Crippen LogP contribution in [0.5, 0.6) is 0 Å². The Balaban J connectivity index is 3.20. The van der Waals surface area contributed by atoms with Crippen LogP contribution in [-0.4, -0.2) is 21.0 Å². The van der Waals surface area contributed by atoms with Gasteiger partial charge in [-0.1, -0.05) is 19.1 Å². The summed E-state index contributed by atoms with van der Waals surface area (Å²) in [5.41, 5.74) is 0.725. The SMILES string of the molecule is CC(C=O)c1cccc(S(C)(=O)=O)c1. The van der Waals surface area contributed by atoms with Crippen LogP contribution in [0.25, 0.3) is 0 Å². The van der Waals surface area contributed by atoms with Gasteiger partial charge in [-0.05, 0) is 17.7 Å². The van der Waals surface area contributed by atoms with Gasteiger partial charge in [-0.3, -0.25) is 0 Å². The first-order valence-electron chi connectivity index (χ1n) is 4.20. The van der Waals surface area contributed by atoms with Crippen molar-refractivity contribution in [3.63, 3.8) is 0 Å². The second kappa shape index (κ2) is 3.92. The van der Waals surface area contributed by atoms with E-state index in [1.165, 1.54) is 12.1 Å². The lowest BCUT2D eigenvalue weighted by atomic mass is 10.0. The summed E-state index contributed by atoms with van der Waals surface area (Å²) in [4.78, 5) is 10.8. The molecule has 0 radical (unpaired) electrons. The van der Waals surface area contributed by atoms with Crippen LogP contribution in [0, 0.1) is 0 Å². The first-order valence-corrected chi connectivity index (χ1v) is 6.09. The fourth-order valence-corrected chi connectivity index (χ4v) is 1.78. The molecule has 0 saturated carbocycles. The molecular weight excluding hydrogens is 200 g/mol. The highest BCUT2D eigenvalue weighted by Gasteiger charge is 2.09. The van der Waals surface area contributed by atoms with Gasteiger partial charge < -0.3 is 4.79 Å². The molecule has 76 valence electrons. The molecule has 1 aromatic carbocycles. The molecule has 14 heavy (non-hydrogen) atoms. The van der Waals surface area contributed by atoms with Gasteiger partial charge in [-0.15, -0.1) is 0 Å². The van der Waals surface area contributed by atoms with E-state index in [-0.39, 0.29) is 10.8 Å². The van der Waals surface area contributed by atoms with E-state index in [1.54, 1.807) is 19.1 Å². The number of carbonyl (C=O) groups excluding carboxylic acids is 1. The van der Waals surface area contributed by atoms with Crippen LogP contribution in [0.15, 0.2) is 29.2 Å². The van der Waals surface area contributed by atoms with E-state index < -0.39 is 9.84 Å². The topological polar surface area (TPSA) is 51.2 Å². The van der Waals surface area contributed by atoms with Gasteiger partial charge in [-0.25, -0.2) is 8.42 Å². The molecule has 0 aromatic heterocycles. The monoisotopic (exact) mass is 212 g/mol. The van der Waals surface area contributed by atoms with Crippen molar-refractivity contribution < 1.29 is 13.2 Å². The average Bonchev–Trinajstić information content (AvgIpc) is 2.15. The summed E-state index contributed by atoms with van der Waals surface area (Å²) >= 11 is 0. The molecule has 1 unspecified atom stereocenters. The van der Waals surface area contributed by atoms with Gasteiger partial charge in [0.1, 0.15) is 6.29 Å². The zero-order chi connectivity index (χ0) is 10.8. The van der Waals surface area contributed by atoms with Gasteiger partial charge in [0.15, 0.2) is 9.84 Å². The first-order chi connectivity index (χ1) is 6.45. The molecule has 0 amide bonds. The summed E-state index contributed by atoms with van der Waals surface area (Å²) in [6.07, 6.45) is 1.94. The zero-order valence-corrected chi connectivity index (χ0v) is 8.91. The second-order valence-electron chi connectivity index (χ2n) is 3.27. The number of carbonyl (C=O) groups is 1. The number of hydrogen-bond donors (Lipinski definition) is 0. The Bertz CT molecular complexity index is 434. The molecule has 0 bridgehead atoms. The van der Waals surface area contributed by atoms with Crippen molar-refractivity contribution in [2.24, 2.45) is 0 Å². The van der Waals surface area contributed by atoms with Gasteiger partial charge in [-0.2, -0.15) is 0 Å². The molecule has 4 heteroatoms. The van der Waals surface area contributed by atoms with Crippen LogP contribution in [-0.2, 0) is 14.6 Å². The van der Waals surface area contributed by atoms with Crippen molar-refractivity contribution >= 4 is 16.1 Å². The van der Waals surface area contributed by atoms with Gasteiger partial charge >= 0.3 is 0 Å². The van der Waals surface area contributed by atoms with Crippen LogP contribution in [0.2, 0.25) is 0 Å². The lowest BCUT2D eigenvalue weighted by Gasteiger charge is -2.05. The fourth-order valence-electron chi connectivity index (χ4n) is 1.11. The third-order valence-electron chi connectivity index (χ3n) is 2.02. The molecule has 1 atom stereocenters. The second-order valence-corrected chi connectivity index (χ2v) is 5.29.